The lowest BCUT2D eigenvalue weighted by Crippen LogP contribution is -2.37. The van der Waals surface area contributed by atoms with Crippen molar-refractivity contribution in [3.05, 3.63) is 65.4 Å². The van der Waals surface area contributed by atoms with Crippen molar-refractivity contribution in [3.8, 4) is 17.5 Å². The van der Waals surface area contributed by atoms with Gasteiger partial charge >= 0.3 is 5.97 Å². The van der Waals surface area contributed by atoms with E-state index in [-0.39, 0.29) is 18.0 Å². The first-order valence-electron chi connectivity index (χ1n) is 13.6. The highest BCUT2D eigenvalue weighted by Crippen LogP contribution is 2.29. The van der Waals surface area contributed by atoms with Gasteiger partial charge in [0.2, 0.25) is 5.95 Å². The van der Waals surface area contributed by atoms with Crippen molar-refractivity contribution in [3.63, 3.8) is 0 Å². The van der Waals surface area contributed by atoms with Crippen LogP contribution in [0.25, 0.3) is 11.3 Å². The summed E-state index contributed by atoms with van der Waals surface area (Å²) in [6, 6.07) is 12.5. The number of nitrogens with one attached hydrogen (secondary N) is 1. The molecule has 2 fully saturated rings. The fraction of sp³-hybridized carbons (Fsp3) is 0.367. The second-order valence-corrected chi connectivity index (χ2v) is 9.94. The first kappa shape index (κ1) is 28.0. The lowest BCUT2D eigenvalue weighted by atomic mass is 10.1. The van der Waals surface area contributed by atoms with Gasteiger partial charge in [0.1, 0.15) is 6.10 Å². The van der Waals surface area contributed by atoms with E-state index in [1.54, 1.807) is 36.5 Å². The Morgan fingerprint density at radius 3 is 2.49 bits per heavy atom. The van der Waals surface area contributed by atoms with E-state index in [2.05, 4.69) is 15.2 Å². The number of hydrogen-bond acceptors (Lipinski definition) is 10. The molecule has 212 valence electrons. The summed E-state index contributed by atoms with van der Waals surface area (Å²) in [5, 5.41) is 12.2. The van der Waals surface area contributed by atoms with E-state index in [4.69, 9.17) is 24.5 Å². The van der Waals surface area contributed by atoms with Crippen LogP contribution in [0.5, 0.6) is 0 Å². The van der Waals surface area contributed by atoms with Gasteiger partial charge in [0, 0.05) is 56.0 Å². The Balaban J connectivity index is 1.39. The Bertz CT molecular complexity index is 1440. The number of nitrogens with zero attached hydrogens (tertiary/aromatic N) is 5. The van der Waals surface area contributed by atoms with Gasteiger partial charge in [-0.1, -0.05) is 12.1 Å². The summed E-state index contributed by atoms with van der Waals surface area (Å²) in [6.45, 7) is 5.64. The number of ether oxygens (including phenoxy) is 3. The van der Waals surface area contributed by atoms with E-state index in [9.17, 15) is 9.59 Å². The third kappa shape index (κ3) is 6.62. The average Bonchev–Trinajstić information content (AvgIpc) is 3.02. The molecule has 0 saturated carbocycles. The van der Waals surface area contributed by atoms with Crippen LogP contribution in [0, 0.1) is 18.4 Å². The molecular formula is C30H32N6O5. The van der Waals surface area contributed by atoms with Crippen molar-refractivity contribution in [1.82, 2.24) is 14.9 Å². The number of esters is 1. The average molecular weight is 557 g/mol. The summed E-state index contributed by atoms with van der Waals surface area (Å²) in [5.41, 5.74) is 4.68. The molecule has 3 heterocycles. The molecule has 41 heavy (non-hydrogen) atoms. The van der Waals surface area contributed by atoms with Crippen molar-refractivity contribution in [2.45, 2.75) is 25.9 Å². The lowest BCUT2D eigenvalue weighted by molar-refractivity contribution is -0.0159. The number of amides is 1. The smallest absolute Gasteiger partial charge is 0.340 e. The largest absolute Gasteiger partial charge is 0.459 e. The van der Waals surface area contributed by atoms with Crippen LogP contribution >= 0.6 is 0 Å². The van der Waals surface area contributed by atoms with Crippen molar-refractivity contribution >= 4 is 29.2 Å². The molecule has 2 aromatic carbocycles. The Morgan fingerprint density at radius 1 is 1.07 bits per heavy atom. The lowest BCUT2D eigenvalue weighted by Gasteiger charge is -2.31. The van der Waals surface area contributed by atoms with Gasteiger partial charge in [-0.05, 0) is 42.8 Å². The predicted octanol–water partition coefficient (Wildman–Crippen LogP) is 3.92. The predicted molar refractivity (Wildman–Crippen MR) is 152 cm³/mol. The topological polar surface area (TPSA) is 130 Å². The quantitative estimate of drug-likeness (QED) is 0.260. The van der Waals surface area contributed by atoms with E-state index in [1.807, 2.05) is 25.2 Å². The van der Waals surface area contributed by atoms with E-state index >= 15 is 0 Å². The molecule has 5 rings (SSSR count). The number of anilines is 3. The molecule has 1 N–H and O–H groups in total. The maximum Gasteiger partial charge on any atom is 0.340 e. The minimum Gasteiger partial charge on any atom is -0.459 e. The van der Waals surface area contributed by atoms with Crippen molar-refractivity contribution < 1.29 is 23.8 Å². The van der Waals surface area contributed by atoms with Crippen molar-refractivity contribution in [1.29, 1.82) is 5.26 Å². The highest BCUT2D eigenvalue weighted by Gasteiger charge is 2.24. The number of hydrogen-bond donors (Lipinski definition) is 1. The Labute approximate surface area is 238 Å². The summed E-state index contributed by atoms with van der Waals surface area (Å²) in [4.78, 5) is 37.9. The Morgan fingerprint density at radius 2 is 1.78 bits per heavy atom. The Hall–Kier alpha value is -4.53. The molecule has 2 aliphatic heterocycles. The summed E-state index contributed by atoms with van der Waals surface area (Å²) in [6.07, 6.45) is 4.72. The molecule has 0 unspecified atom stereocenters. The van der Waals surface area contributed by atoms with Gasteiger partial charge in [-0.15, -0.1) is 0 Å². The van der Waals surface area contributed by atoms with Crippen LogP contribution in [0.3, 0.4) is 0 Å². The summed E-state index contributed by atoms with van der Waals surface area (Å²) >= 11 is 0. The first-order valence-corrected chi connectivity index (χ1v) is 13.6. The van der Waals surface area contributed by atoms with Crippen LogP contribution < -0.4 is 10.2 Å². The summed E-state index contributed by atoms with van der Waals surface area (Å²) in [5.74, 6) is -0.394. The first-order chi connectivity index (χ1) is 19.9. The van der Waals surface area contributed by atoms with Crippen molar-refractivity contribution in [2.24, 2.45) is 0 Å². The fourth-order valence-electron chi connectivity index (χ4n) is 4.80. The molecule has 11 nitrogen and oxygen atoms in total. The molecule has 11 heteroatoms. The van der Waals surface area contributed by atoms with E-state index < -0.39 is 0 Å². The Kier molecular flexibility index (Phi) is 8.72. The number of rotatable bonds is 7. The summed E-state index contributed by atoms with van der Waals surface area (Å²) < 4.78 is 16.8. The van der Waals surface area contributed by atoms with E-state index in [0.717, 1.165) is 21.7 Å². The van der Waals surface area contributed by atoms with Gasteiger partial charge in [0.25, 0.3) is 5.91 Å². The minimum absolute atomic E-state index is 0.171. The van der Waals surface area contributed by atoms with Crippen LogP contribution in [-0.2, 0) is 14.2 Å². The molecule has 1 amide bonds. The van der Waals surface area contributed by atoms with Gasteiger partial charge in [-0.3, -0.25) is 4.79 Å². The van der Waals surface area contributed by atoms with Crippen LogP contribution in [0.1, 0.15) is 39.1 Å². The number of morpholine rings is 1. The molecule has 2 saturated heterocycles. The van der Waals surface area contributed by atoms with Crippen LogP contribution in [0.2, 0.25) is 0 Å². The molecule has 0 aliphatic carbocycles. The van der Waals surface area contributed by atoms with Crippen LogP contribution in [-0.4, -0.2) is 79.4 Å². The van der Waals surface area contributed by atoms with Crippen molar-refractivity contribution in [2.75, 3.05) is 56.8 Å². The number of aromatic nitrogens is 2. The molecule has 2 aliphatic rings. The molecular weight excluding hydrogens is 524 g/mol. The second-order valence-electron chi connectivity index (χ2n) is 9.94. The third-order valence-electron chi connectivity index (χ3n) is 7.10. The number of aryl methyl sites for hydroxylation is 1. The number of benzene rings is 2. The molecule has 0 radical (unpaired) electrons. The molecule has 0 atom stereocenters. The van der Waals surface area contributed by atoms with Gasteiger partial charge in [-0.2, -0.15) is 5.26 Å². The zero-order valence-corrected chi connectivity index (χ0v) is 23.1. The normalized spacial score (nSPS) is 15.6. The third-order valence-corrected chi connectivity index (χ3v) is 7.10. The molecule has 3 aromatic rings. The zero-order valence-electron chi connectivity index (χ0n) is 23.1. The molecule has 0 bridgehead atoms. The number of nitriles is 1. The van der Waals surface area contributed by atoms with Crippen LogP contribution in [0.15, 0.2) is 48.7 Å². The SMILES string of the molecule is Cc1cnc(Nc2ccc(N3CCOCC3)c(C(=O)OC3CCOCC3)c2)nc1-c1ccc(C(=O)N(C)C#N)cc1. The molecule has 0 spiro atoms. The monoisotopic (exact) mass is 556 g/mol. The van der Waals surface area contributed by atoms with Crippen LogP contribution in [0.4, 0.5) is 17.3 Å². The zero-order chi connectivity index (χ0) is 28.8. The second kappa shape index (κ2) is 12.8. The maximum atomic E-state index is 13.4. The highest BCUT2D eigenvalue weighted by atomic mass is 16.6. The van der Waals surface area contributed by atoms with Gasteiger partial charge in [0.05, 0.1) is 43.4 Å². The number of carbonyl (C=O) groups excluding carboxylic acids is 2. The van der Waals surface area contributed by atoms with Gasteiger partial charge in [0.15, 0.2) is 6.19 Å². The summed E-state index contributed by atoms with van der Waals surface area (Å²) in [7, 11) is 1.42. The maximum absolute atomic E-state index is 13.4. The molecule has 1 aromatic heterocycles. The highest BCUT2D eigenvalue weighted by molar-refractivity contribution is 5.97. The number of carbonyl (C=O) groups is 2. The fourth-order valence-corrected chi connectivity index (χ4v) is 4.80. The minimum atomic E-state index is -0.382. The standard InChI is InChI=1S/C30H32N6O5/c1-20-18-32-30(34-27(20)21-3-5-22(6-4-21)28(37)35(2)19-31)33-23-7-8-26(36-11-15-40-16-12-36)25(17-23)29(38)41-24-9-13-39-14-10-24/h3-8,17-18,24H,9-16H2,1-2H3,(H,32,33,34). The van der Waals surface area contributed by atoms with Gasteiger partial charge < -0.3 is 24.4 Å². The van der Waals surface area contributed by atoms with E-state index in [0.29, 0.717) is 80.8 Å². The van der Waals surface area contributed by atoms with Gasteiger partial charge in [-0.25, -0.2) is 19.7 Å². The van der Waals surface area contributed by atoms with E-state index in [1.165, 1.54) is 7.05 Å².